The van der Waals surface area contributed by atoms with Gasteiger partial charge >= 0.3 is 6.09 Å². The number of nitrogens with one attached hydrogen (secondary N) is 2. The average molecular weight is 592 g/mol. The molecule has 2 aliphatic heterocycles. The highest BCUT2D eigenvalue weighted by Gasteiger charge is 2.41. The maximum Gasteiger partial charge on any atom is 0.411 e. The van der Waals surface area contributed by atoms with Crippen LogP contribution in [0.5, 0.6) is 17.2 Å². The summed E-state index contributed by atoms with van der Waals surface area (Å²) < 4.78 is 43.8. The van der Waals surface area contributed by atoms with E-state index in [1.165, 1.54) is 11.0 Å². The largest absolute Gasteiger partial charge is 0.489 e. The molecule has 1 atom stereocenters. The minimum atomic E-state index is -1.03. The number of fused-ring (bicyclic) bond motifs is 1. The molecule has 3 aromatic carbocycles. The van der Waals surface area contributed by atoms with Crippen LogP contribution in [0.3, 0.4) is 0 Å². The van der Waals surface area contributed by atoms with E-state index in [1.54, 1.807) is 36.4 Å². The Morgan fingerprint density at radius 3 is 2.42 bits per heavy atom. The fourth-order valence-electron chi connectivity index (χ4n) is 5.15. The number of imide groups is 1. The number of carbonyl (C=O) groups is 4. The molecule has 1 unspecified atom stereocenters. The van der Waals surface area contributed by atoms with E-state index in [9.17, 15) is 28.0 Å². The van der Waals surface area contributed by atoms with E-state index in [2.05, 4.69) is 10.6 Å². The van der Waals surface area contributed by atoms with Crippen LogP contribution < -0.4 is 20.1 Å². The summed E-state index contributed by atoms with van der Waals surface area (Å²) in [6, 6.07) is 12.1. The number of rotatable bonds is 8. The standard InChI is InChI=1S/C31H27F2N3O7/c32-23-11-10-22(14-24(23)33)42-21-8-6-19(7-9-21)34-31(40)41-16-18-5-4-17-15-36(25-12-13-26(37)35-29(25)38)30(39)27(17)28(18)43-20-2-1-3-20/h4-11,14,20,25H,1-3,12-13,15-16H2,(H,34,40)(H,35,37,38). The third kappa shape index (κ3) is 5.99. The topological polar surface area (TPSA) is 123 Å². The van der Waals surface area contributed by atoms with Gasteiger partial charge < -0.3 is 19.1 Å². The van der Waals surface area contributed by atoms with Crippen LogP contribution in [0, 0.1) is 11.6 Å². The fourth-order valence-corrected chi connectivity index (χ4v) is 5.15. The van der Waals surface area contributed by atoms with E-state index in [1.807, 2.05) is 0 Å². The molecule has 43 heavy (non-hydrogen) atoms. The van der Waals surface area contributed by atoms with Crippen LogP contribution in [0.2, 0.25) is 0 Å². The summed E-state index contributed by atoms with van der Waals surface area (Å²) in [5.41, 5.74) is 1.95. The first-order chi connectivity index (χ1) is 20.7. The number of hydrogen-bond donors (Lipinski definition) is 2. The van der Waals surface area contributed by atoms with E-state index in [0.717, 1.165) is 31.4 Å². The third-order valence-corrected chi connectivity index (χ3v) is 7.65. The van der Waals surface area contributed by atoms with Crippen LogP contribution in [0.1, 0.15) is 53.6 Å². The van der Waals surface area contributed by atoms with Crippen LogP contribution >= 0.6 is 0 Å². The van der Waals surface area contributed by atoms with Crippen LogP contribution in [0.15, 0.2) is 54.6 Å². The van der Waals surface area contributed by atoms with Crippen LogP contribution in [0.4, 0.5) is 19.3 Å². The first-order valence-corrected chi connectivity index (χ1v) is 13.9. The zero-order chi connectivity index (χ0) is 30.1. The molecule has 2 N–H and O–H groups in total. The summed E-state index contributed by atoms with van der Waals surface area (Å²) in [6.45, 7) is 0.0308. The molecule has 2 fully saturated rings. The second kappa shape index (κ2) is 11.7. The Morgan fingerprint density at radius 2 is 1.72 bits per heavy atom. The molecule has 222 valence electrons. The molecule has 1 saturated heterocycles. The van der Waals surface area contributed by atoms with Crippen molar-refractivity contribution < 1.29 is 42.2 Å². The monoisotopic (exact) mass is 591 g/mol. The van der Waals surface area contributed by atoms with E-state index in [-0.39, 0.29) is 49.7 Å². The second-order valence-electron chi connectivity index (χ2n) is 10.6. The number of hydrogen-bond acceptors (Lipinski definition) is 7. The van der Waals surface area contributed by atoms with Crippen molar-refractivity contribution in [1.82, 2.24) is 10.2 Å². The van der Waals surface area contributed by atoms with E-state index in [0.29, 0.717) is 33.9 Å². The molecule has 0 radical (unpaired) electrons. The predicted molar refractivity (Wildman–Crippen MR) is 147 cm³/mol. The Hall–Kier alpha value is -5.00. The van der Waals surface area contributed by atoms with Gasteiger partial charge in [-0.05, 0) is 67.6 Å². The number of nitrogens with zero attached hydrogens (tertiary/aromatic N) is 1. The van der Waals surface area contributed by atoms with Gasteiger partial charge in [-0.15, -0.1) is 0 Å². The summed E-state index contributed by atoms with van der Waals surface area (Å²) in [5.74, 6) is -2.42. The molecule has 6 rings (SSSR count). The lowest BCUT2D eigenvalue weighted by Crippen LogP contribution is -2.52. The Labute approximate surface area is 244 Å². The van der Waals surface area contributed by atoms with Gasteiger partial charge in [-0.3, -0.25) is 25.0 Å². The number of benzene rings is 3. The van der Waals surface area contributed by atoms with E-state index >= 15 is 0 Å². The van der Waals surface area contributed by atoms with Crippen LogP contribution in [0.25, 0.3) is 0 Å². The lowest BCUT2D eigenvalue weighted by atomic mass is 9.95. The van der Waals surface area contributed by atoms with Gasteiger partial charge in [-0.25, -0.2) is 13.6 Å². The van der Waals surface area contributed by atoms with Crippen molar-refractivity contribution in [2.24, 2.45) is 0 Å². The highest BCUT2D eigenvalue weighted by Crippen LogP contribution is 2.39. The first kappa shape index (κ1) is 28.1. The van der Waals surface area contributed by atoms with E-state index < -0.39 is 29.7 Å². The minimum Gasteiger partial charge on any atom is -0.489 e. The van der Waals surface area contributed by atoms with Gasteiger partial charge in [0.2, 0.25) is 11.8 Å². The van der Waals surface area contributed by atoms with Gasteiger partial charge in [0.1, 0.15) is 29.9 Å². The SMILES string of the molecule is O=C1CCC(N2Cc3ccc(COC(=O)Nc4ccc(Oc5ccc(F)c(F)c5)cc4)c(OC4CCC4)c3C2=O)C(=O)N1. The van der Waals surface area contributed by atoms with Crippen molar-refractivity contribution in [3.63, 3.8) is 0 Å². The molecule has 4 amide bonds. The zero-order valence-electron chi connectivity index (χ0n) is 22.9. The second-order valence-corrected chi connectivity index (χ2v) is 10.6. The zero-order valence-corrected chi connectivity index (χ0v) is 22.9. The summed E-state index contributed by atoms with van der Waals surface area (Å²) in [5, 5.41) is 4.91. The molecule has 10 nitrogen and oxygen atoms in total. The van der Waals surface area contributed by atoms with Gasteiger partial charge in [0, 0.05) is 30.3 Å². The Balaban J connectivity index is 1.12. The molecule has 3 aliphatic rings. The number of anilines is 1. The Bertz CT molecular complexity index is 1610. The van der Waals surface area contributed by atoms with E-state index in [4.69, 9.17) is 14.2 Å². The van der Waals surface area contributed by atoms with Crippen LogP contribution in [-0.2, 0) is 27.5 Å². The maximum atomic E-state index is 13.6. The predicted octanol–water partition coefficient (Wildman–Crippen LogP) is 5.20. The van der Waals surface area contributed by atoms with Gasteiger partial charge in [-0.2, -0.15) is 0 Å². The molecular weight excluding hydrogens is 564 g/mol. The third-order valence-electron chi connectivity index (χ3n) is 7.65. The normalized spacial score (nSPS) is 18.0. The number of halogens is 2. The highest BCUT2D eigenvalue weighted by molar-refractivity contribution is 6.06. The summed E-state index contributed by atoms with van der Waals surface area (Å²) in [7, 11) is 0. The Morgan fingerprint density at radius 1 is 0.953 bits per heavy atom. The van der Waals surface area contributed by atoms with Crippen molar-refractivity contribution in [3.8, 4) is 17.2 Å². The molecule has 0 spiro atoms. The first-order valence-electron chi connectivity index (χ1n) is 13.9. The molecule has 0 aromatic heterocycles. The number of ether oxygens (including phenoxy) is 3. The lowest BCUT2D eigenvalue weighted by molar-refractivity contribution is -0.136. The highest BCUT2D eigenvalue weighted by atomic mass is 19.2. The Kier molecular flexibility index (Phi) is 7.66. The summed E-state index contributed by atoms with van der Waals surface area (Å²) in [4.78, 5) is 51.7. The smallest absolute Gasteiger partial charge is 0.411 e. The molecule has 0 bridgehead atoms. The molecule has 3 aromatic rings. The van der Waals surface area contributed by atoms with Gasteiger partial charge in [-0.1, -0.05) is 12.1 Å². The van der Waals surface area contributed by atoms with Crippen molar-refractivity contribution in [3.05, 3.63) is 82.9 Å². The van der Waals surface area contributed by atoms with Crippen LogP contribution in [-0.4, -0.2) is 40.9 Å². The molecular formula is C31H27F2N3O7. The lowest BCUT2D eigenvalue weighted by Gasteiger charge is -2.30. The molecule has 1 saturated carbocycles. The van der Waals surface area contributed by atoms with Gasteiger partial charge in [0.05, 0.1) is 11.7 Å². The summed E-state index contributed by atoms with van der Waals surface area (Å²) >= 11 is 0. The van der Waals surface area contributed by atoms with Crippen molar-refractivity contribution in [2.45, 2.75) is 57.4 Å². The fraction of sp³-hybridized carbons (Fsp3) is 0.290. The van der Waals surface area contributed by atoms with Crippen molar-refractivity contribution in [2.75, 3.05) is 5.32 Å². The quantitative estimate of drug-likeness (QED) is 0.345. The molecule has 2 heterocycles. The number of amides is 4. The van der Waals surface area contributed by atoms with Gasteiger partial charge in [0.15, 0.2) is 11.6 Å². The molecule has 12 heteroatoms. The van der Waals surface area contributed by atoms with Crippen molar-refractivity contribution >= 4 is 29.5 Å². The molecule has 1 aliphatic carbocycles. The summed E-state index contributed by atoms with van der Waals surface area (Å²) in [6.07, 6.45) is 2.27. The minimum absolute atomic E-state index is 0.0661. The number of piperidine rings is 1. The van der Waals surface area contributed by atoms with Gasteiger partial charge in [0.25, 0.3) is 5.91 Å². The van der Waals surface area contributed by atoms with Crippen molar-refractivity contribution in [1.29, 1.82) is 0 Å². The average Bonchev–Trinajstić information content (AvgIpc) is 3.29. The maximum absolute atomic E-state index is 13.6. The number of carbonyl (C=O) groups excluding carboxylic acids is 4.